The molecule has 0 saturated carbocycles. The fourth-order valence-electron chi connectivity index (χ4n) is 0.860. The maximum absolute atomic E-state index is 8.94. The summed E-state index contributed by atoms with van der Waals surface area (Å²) in [6.45, 7) is 2.96. The Labute approximate surface area is 71.4 Å². The van der Waals surface area contributed by atoms with Gasteiger partial charge in [-0.05, 0) is 6.92 Å². The average Bonchev–Trinajstić information content (AvgIpc) is 2.36. The van der Waals surface area contributed by atoms with Gasteiger partial charge < -0.3 is 15.0 Å². The molecule has 68 valence electrons. The molecule has 0 bridgehead atoms. The number of aryl methyl sites for hydroxylation is 1. The summed E-state index contributed by atoms with van der Waals surface area (Å²) >= 11 is 0. The van der Waals surface area contributed by atoms with Gasteiger partial charge in [0.25, 0.3) is 0 Å². The minimum Gasteiger partial charge on any atom is -0.392 e. The summed E-state index contributed by atoms with van der Waals surface area (Å²) in [5, 5.41) is 19.6. The third-order valence-electron chi connectivity index (χ3n) is 1.53. The van der Waals surface area contributed by atoms with Crippen molar-refractivity contribution in [1.29, 1.82) is 0 Å². The molecule has 1 rings (SSSR count). The SMILES string of the molecule is C[C@H](O)CNCc1nncn1C. The molecule has 5 nitrogen and oxygen atoms in total. The van der Waals surface area contributed by atoms with E-state index in [0.717, 1.165) is 5.82 Å². The molecule has 0 aromatic carbocycles. The van der Waals surface area contributed by atoms with Gasteiger partial charge in [-0.1, -0.05) is 0 Å². The number of nitrogens with one attached hydrogen (secondary N) is 1. The van der Waals surface area contributed by atoms with Crippen LogP contribution in [0.5, 0.6) is 0 Å². The van der Waals surface area contributed by atoms with Crippen LogP contribution in [0.4, 0.5) is 0 Å². The molecule has 0 unspecified atom stereocenters. The Morgan fingerprint density at radius 2 is 2.50 bits per heavy atom. The minimum absolute atomic E-state index is 0.321. The Balaban J connectivity index is 2.29. The van der Waals surface area contributed by atoms with E-state index < -0.39 is 0 Å². The van der Waals surface area contributed by atoms with Gasteiger partial charge in [-0.3, -0.25) is 0 Å². The molecule has 1 atom stereocenters. The van der Waals surface area contributed by atoms with Gasteiger partial charge in [0.15, 0.2) is 0 Å². The summed E-state index contributed by atoms with van der Waals surface area (Å²) in [6, 6.07) is 0. The molecule has 0 aliphatic rings. The highest BCUT2D eigenvalue weighted by Gasteiger charge is 2.00. The van der Waals surface area contributed by atoms with E-state index in [1.807, 2.05) is 11.6 Å². The molecule has 1 heterocycles. The van der Waals surface area contributed by atoms with Gasteiger partial charge in [-0.2, -0.15) is 0 Å². The second-order valence-electron chi connectivity index (χ2n) is 2.84. The monoisotopic (exact) mass is 170 g/mol. The van der Waals surface area contributed by atoms with Crippen LogP contribution < -0.4 is 5.32 Å². The molecule has 0 radical (unpaired) electrons. The van der Waals surface area contributed by atoms with Crippen molar-refractivity contribution in [3.63, 3.8) is 0 Å². The first-order chi connectivity index (χ1) is 5.70. The van der Waals surface area contributed by atoms with E-state index in [0.29, 0.717) is 13.1 Å². The molecular formula is C7H14N4O. The van der Waals surface area contributed by atoms with Crippen molar-refractivity contribution in [2.24, 2.45) is 7.05 Å². The summed E-state index contributed by atoms with van der Waals surface area (Å²) in [5.41, 5.74) is 0. The maximum atomic E-state index is 8.94. The Kier molecular flexibility index (Phi) is 3.19. The molecule has 0 saturated heterocycles. The molecule has 0 spiro atoms. The van der Waals surface area contributed by atoms with Gasteiger partial charge in [0, 0.05) is 13.6 Å². The summed E-state index contributed by atoms with van der Waals surface area (Å²) in [5.74, 6) is 0.871. The third kappa shape index (κ3) is 2.60. The van der Waals surface area contributed by atoms with Crippen LogP contribution in [0, 0.1) is 0 Å². The van der Waals surface area contributed by atoms with E-state index in [2.05, 4.69) is 15.5 Å². The molecule has 1 aromatic rings. The van der Waals surface area contributed by atoms with Crippen molar-refractivity contribution in [2.45, 2.75) is 19.6 Å². The highest BCUT2D eigenvalue weighted by Crippen LogP contribution is 1.89. The van der Waals surface area contributed by atoms with Crippen LogP contribution in [0.25, 0.3) is 0 Å². The lowest BCUT2D eigenvalue weighted by Crippen LogP contribution is -2.25. The Hall–Kier alpha value is -0.940. The zero-order chi connectivity index (χ0) is 8.97. The summed E-state index contributed by atoms with van der Waals surface area (Å²) in [7, 11) is 1.89. The van der Waals surface area contributed by atoms with Crippen molar-refractivity contribution in [3.05, 3.63) is 12.2 Å². The van der Waals surface area contributed by atoms with E-state index in [4.69, 9.17) is 5.11 Å². The topological polar surface area (TPSA) is 63.0 Å². The molecule has 12 heavy (non-hydrogen) atoms. The predicted molar refractivity (Wildman–Crippen MR) is 44.4 cm³/mol. The fraction of sp³-hybridized carbons (Fsp3) is 0.714. The molecular weight excluding hydrogens is 156 g/mol. The normalized spacial score (nSPS) is 13.2. The van der Waals surface area contributed by atoms with Crippen LogP contribution in [0.3, 0.4) is 0 Å². The third-order valence-corrected chi connectivity index (χ3v) is 1.53. The lowest BCUT2D eigenvalue weighted by Gasteiger charge is -2.05. The van der Waals surface area contributed by atoms with Crippen LogP contribution in [-0.4, -0.2) is 32.5 Å². The lowest BCUT2D eigenvalue weighted by atomic mass is 10.4. The average molecular weight is 170 g/mol. The Morgan fingerprint density at radius 1 is 1.75 bits per heavy atom. The second-order valence-corrected chi connectivity index (χ2v) is 2.84. The summed E-state index contributed by atoms with van der Waals surface area (Å²) < 4.78 is 1.84. The van der Waals surface area contributed by atoms with Crippen molar-refractivity contribution >= 4 is 0 Å². The standard InChI is InChI=1S/C7H14N4O/c1-6(12)3-8-4-7-10-9-5-11(7)2/h5-6,8,12H,3-4H2,1-2H3/t6-/m0/s1. The number of nitrogens with zero attached hydrogens (tertiary/aromatic N) is 3. The quantitative estimate of drug-likeness (QED) is 0.626. The van der Waals surface area contributed by atoms with E-state index in [1.54, 1.807) is 13.3 Å². The summed E-state index contributed by atoms with van der Waals surface area (Å²) in [4.78, 5) is 0. The first-order valence-corrected chi connectivity index (χ1v) is 3.92. The van der Waals surface area contributed by atoms with Crippen LogP contribution in [0.1, 0.15) is 12.7 Å². The Bertz CT molecular complexity index is 233. The van der Waals surface area contributed by atoms with E-state index >= 15 is 0 Å². The van der Waals surface area contributed by atoms with Crippen LogP contribution in [0.2, 0.25) is 0 Å². The Morgan fingerprint density at radius 3 is 3.00 bits per heavy atom. The highest BCUT2D eigenvalue weighted by molar-refractivity contribution is 4.82. The zero-order valence-corrected chi connectivity index (χ0v) is 7.36. The van der Waals surface area contributed by atoms with Gasteiger partial charge >= 0.3 is 0 Å². The fourth-order valence-corrected chi connectivity index (χ4v) is 0.860. The first kappa shape index (κ1) is 9.15. The molecule has 0 aliphatic heterocycles. The first-order valence-electron chi connectivity index (χ1n) is 3.92. The van der Waals surface area contributed by atoms with Crippen molar-refractivity contribution in [2.75, 3.05) is 6.54 Å². The van der Waals surface area contributed by atoms with E-state index in [9.17, 15) is 0 Å². The highest BCUT2D eigenvalue weighted by atomic mass is 16.3. The van der Waals surface area contributed by atoms with Gasteiger partial charge in [0.2, 0.25) is 0 Å². The maximum Gasteiger partial charge on any atom is 0.146 e. The number of aliphatic hydroxyl groups is 1. The molecule has 2 N–H and O–H groups in total. The number of aromatic nitrogens is 3. The minimum atomic E-state index is -0.321. The van der Waals surface area contributed by atoms with Gasteiger partial charge in [0.1, 0.15) is 12.2 Å². The van der Waals surface area contributed by atoms with Gasteiger partial charge in [0.05, 0.1) is 12.6 Å². The van der Waals surface area contributed by atoms with Crippen molar-refractivity contribution < 1.29 is 5.11 Å². The lowest BCUT2D eigenvalue weighted by molar-refractivity contribution is 0.190. The molecule has 0 fully saturated rings. The van der Waals surface area contributed by atoms with Crippen LogP contribution in [0.15, 0.2) is 6.33 Å². The van der Waals surface area contributed by atoms with E-state index in [1.165, 1.54) is 0 Å². The predicted octanol–water partition coefficient (Wildman–Crippen LogP) is -0.715. The van der Waals surface area contributed by atoms with Crippen LogP contribution >= 0.6 is 0 Å². The van der Waals surface area contributed by atoms with Gasteiger partial charge in [-0.25, -0.2) is 0 Å². The second kappa shape index (κ2) is 4.18. The number of aliphatic hydroxyl groups excluding tert-OH is 1. The molecule has 0 amide bonds. The van der Waals surface area contributed by atoms with Gasteiger partial charge in [-0.15, -0.1) is 10.2 Å². The smallest absolute Gasteiger partial charge is 0.146 e. The van der Waals surface area contributed by atoms with Crippen molar-refractivity contribution in [1.82, 2.24) is 20.1 Å². The summed E-state index contributed by atoms with van der Waals surface area (Å²) in [6.07, 6.45) is 1.33. The molecule has 0 aliphatic carbocycles. The van der Waals surface area contributed by atoms with E-state index in [-0.39, 0.29) is 6.10 Å². The largest absolute Gasteiger partial charge is 0.392 e. The molecule has 1 aromatic heterocycles. The number of hydrogen-bond donors (Lipinski definition) is 2. The number of hydrogen-bond acceptors (Lipinski definition) is 4. The molecule has 5 heteroatoms. The number of rotatable bonds is 4. The van der Waals surface area contributed by atoms with Crippen molar-refractivity contribution in [3.8, 4) is 0 Å². The zero-order valence-electron chi connectivity index (χ0n) is 7.36. The van der Waals surface area contributed by atoms with Crippen LogP contribution in [-0.2, 0) is 13.6 Å².